The molecule has 2 N–H and O–H groups in total. The third-order valence-corrected chi connectivity index (χ3v) is 2.64. The average molecular weight is 241 g/mol. The summed E-state index contributed by atoms with van der Waals surface area (Å²) in [5, 5.41) is 0. The van der Waals surface area contributed by atoms with E-state index in [9.17, 15) is 0 Å². The molecular weight excluding hydrogens is 222 g/mol. The maximum Gasteiger partial charge on any atom is 0.120 e. The van der Waals surface area contributed by atoms with Crippen LogP contribution in [0.4, 0.5) is 5.69 Å². The lowest BCUT2D eigenvalue weighted by molar-refractivity contribution is 0.242. The summed E-state index contributed by atoms with van der Waals surface area (Å²) in [6.45, 7) is 6.10. The van der Waals surface area contributed by atoms with Crippen LogP contribution < -0.4 is 10.5 Å². The molecule has 0 amide bonds. The summed E-state index contributed by atoms with van der Waals surface area (Å²) in [6, 6.07) is 14.2. The van der Waals surface area contributed by atoms with Crippen molar-refractivity contribution < 1.29 is 4.74 Å². The molecule has 0 saturated heterocycles. The highest BCUT2D eigenvalue weighted by molar-refractivity contribution is 5.69. The van der Waals surface area contributed by atoms with Crippen LogP contribution in [0.15, 0.2) is 42.5 Å². The van der Waals surface area contributed by atoms with Gasteiger partial charge >= 0.3 is 0 Å². The Labute approximate surface area is 108 Å². The highest BCUT2D eigenvalue weighted by atomic mass is 16.5. The molecule has 2 rings (SSSR count). The molecule has 0 spiro atoms. The number of aryl methyl sites for hydroxylation is 1. The molecule has 0 unspecified atom stereocenters. The van der Waals surface area contributed by atoms with E-state index in [1.165, 1.54) is 5.56 Å². The van der Waals surface area contributed by atoms with Gasteiger partial charge in [0.1, 0.15) is 5.75 Å². The fraction of sp³-hybridized carbons (Fsp3) is 0.250. The van der Waals surface area contributed by atoms with Crippen LogP contribution in [0.5, 0.6) is 5.75 Å². The molecule has 0 aromatic heterocycles. The summed E-state index contributed by atoms with van der Waals surface area (Å²) < 4.78 is 5.71. The van der Waals surface area contributed by atoms with Gasteiger partial charge in [0.2, 0.25) is 0 Å². The van der Waals surface area contributed by atoms with Crippen LogP contribution in [0.25, 0.3) is 11.1 Å². The summed E-state index contributed by atoms with van der Waals surface area (Å²) in [4.78, 5) is 0. The first-order valence-corrected chi connectivity index (χ1v) is 6.19. The molecule has 0 aliphatic rings. The minimum atomic E-state index is 0.183. The van der Waals surface area contributed by atoms with Gasteiger partial charge in [-0.25, -0.2) is 0 Å². The van der Waals surface area contributed by atoms with Crippen LogP contribution in [0, 0.1) is 6.92 Å². The van der Waals surface area contributed by atoms with E-state index >= 15 is 0 Å². The van der Waals surface area contributed by atoms with Gasteiger partial charge in [-0.05, 0) is 61.7 Å². The van der Waals surface area contributed by atoms with E-state index in [0.717, 1.165) is 22.6 Å². The highest BCUT2D eigenvalue weighted by Crippen LogP contribution is 2.27. The Balaban J connectivity index is 2.38. The number of hydrogen-bond donors (Lipinski definition) is 1. The number of ether oxygens (including phenoxy) is 1. The summed E-state index contributed by atoms with van der Waals surface area (Å²) >= 11 is 0. The highest BCUT2D eigenvalue weighted by Gasteiger charge is 2.03. The lowest BCUT2D eigenvalue weighted by atomic mass is 10.0. The fourth-order valence-electron chi connectivity index (χ4n) is 2.00. The Kier molecular flexibility index (Phi) is 3.56. The maximum absolute atomic E-state index is 5.88. The van der Waals surface area contributed by atoms with Crippen LogP contribution in [0.1, 0.15) is 19.4 Å². The molecule has 2 aromatic rings. The molecule has 18 heavy (non-hydrogen) atoms. The van der Waals surface area contributed by atoms with Gasteiger partial charge < -0.3 is 10.5 Å². The molecule has 94 valence electrons. The number of nitrogens with two attached hydrogens (primary N) is 1. The van der Waals surface area contributed by atoms with Crippen LogP contribution in [0.2, 0.25) is 0 Å². The smallest absolute Gasteiger partial charge is 0.120 e. The van der Waals surface area contributed by atoms with E-state index in [1.54, 1.807) is 0 Å². The number of hydrogen-bond acceptors (Lipinski definition) is 2. The molecule has 2 nitrogen and oxygen atoms in total. The molecule has 0 bridgehead atoms. The molecule has 0 radical (unpaired) electrons. The van der Waals surface area contributed by atoms with Crippen LogP contribution in [0.3, 0.4) is 0 Å². The van der Waals surface area contributed by atoms with E-state index in [1.807, 2.05) is 51.1 Å². The van der Waals surface area contributed by atoms with Gasteiger partial charge in [-0.1, -0.05) is 18.2 Å². The monoisotopic (exact) mass is 241 g/mol. The largest absolute Gasteiger partial charge is 0.491 e. The minimum absolute atomic E-state index is 0.183. The number of nitrogen functional groups attached to an aromatic ring is 1. The normalized spacial score (nSPS) is 10.7. The minimum Gasteiger partial charge on any atom is -0.491 e. The second-order valence-corrected chi connectivity index (χ2v) is 4.83. The number of anilines is 1. The Bertz CT molecular complexity index is 526. The Morgan fingerprint density at radius 2 is 1.78 bits per heavy atom. The van der Waals surface area contributed by atoms with Gasteiger partial charge in [0.25, 0.3) is 0 Å². The molecule has 2 aromatic carbocycles. The molecule has 2 heteroatoms. The van der Waals surface area contributed by atoms with Gasteiger partial charge in [-0.2, -0.15) is 0 Å². The summed E-state index contributed by atoms with van der Waals surface area (Å²) in [5.74, 6) is 0.891. The van der Waals surface area contributed by atoms with Crippen molar-refractivity contribution in [2.45, 2.75) is 26.9 Å². The van der Waals surface area contributed by atoms with E-state index in [4.69, 9.17) is 10.5 Å². The first kappa shape index (κ1) is 12.5. The van der Waals surface area contributed by atoms with Crippen molar-refractivity contribution in [1.29, 1.82) is 0 Å². The van der Waals surface area contributed by atoms with Crippen molar-refractivity contribution in [3.8, 4) is 16.9 Å². The zero-order chi connectivity index (χ0) is 13.1. The second kappa shape index (κ2) is 5.13. The molecule has 0 aliphatic carbocycles. The molecule has 0 heterocycles. The van der Waals surface area contributed by atoms with Crippen molar-refractivity contribution in [2.24, 2.45) is 0 Å². The lowest BCUT2D eigenvalue weighted by Gasteiger charge is -2.11. The quantitative estimate of drug-likeness (QED) is 0.823. The van der Waals surface area contributed by atoms with Gasteiger partial charge in [0.05, 0.1) is 6.10 Å². The predicted octanol–water partition coefficient (Wildman–Crippen LogP) is 4.03. The fourth-order valence-corrected chi connectivity index (χ4v) is 2.00. The molecule has 0 saturated carbocycles. The van der Waals surface area contributed by atoms with E-state index in [-0.39, 0.29) is 6.10 Å². The summed E-state index contributed by atoms with van der Waals surface area (Å²) in [6.07, 6.45) is 0.183. The van der Waals surface area contributed by atoms with Crippen LogP contribution >= 0.6 is 0 Å². The lowest BCUT2D eigenvalue weighted by Crippen LogP contribution is -2.05. The van der Waals surface area contributed by atoms with Gasteiger partial charge in [0, 0.05) is 5.69 Å². The second-order valence-electron chi connectivity index (χ2n) is 4.83. The molecule has 0 atom stereocenters. The van der Waals surface area contributed by atoms with Crippen molar-refractivity contribution in [1.82, 2.24) is 0 Å². The first-order chi connectivity index (χ1) is 8.54. The average Bonchev–Trinajstić information content (AvgIpc) is 2.27. The standard InChI is InChI=1S/C16H19NO/c1-11(2)18-16-6-4-5-13(10-16)14-7-12(3)8-15(17)9-14/h4-11H,17H2,1-3H3. The van der Waals surface area contributed by atoms with Gasteiger partial charge in [0.15, 0.2) is 0 Å². The summed E-state index contributed by atoms with van der Waals surface area (Å²) in [5.41, 5.74) is 10.1. The molecule has 0 aliphatic heterocycles. The number of benzene rings is 2. The maximum atomic E-state index is 5.88. The predicted molar refractivity (Wildman–Crippen MR) is 76.8 cm³/mol. The molecule has 0 fully saturated rings. The van der Waals surface area contributed by atoms with Crippen LogP contribution in [-0.2, 0) is 0 Å². The zero-order valence-corrected chi connectivity index (χ0v) is 11.1. The van der Waals surface area contributed by atoms with Crippen molar-refractivity contribution in [3.63, 3.8) is 0 Å². The van der Waals surface area contributed by atoms with Crippen molar-refractivity contribution >= 4 is 5.69 Å². The number of rotatable bonds is 3. The Morgan fingerprint density at radius 1 is 1.00 bits per heavy atom. The van der Waals surface area contributed by atoms with E-state index in [2.05, 4.69) is 12.1 Å². The van der Waals surface area contributed by atoms with Crippen molar-refractivity contribution in [2.75, 3.05) is 5.73 Å². The van der Waals surface area contributed by atoms with E-state index in [0.29, 0.717) is 0 Å². The van der Waals surface area contributed by atoms with Gasteiger partial charge in [-0.3, -0.25) is 0 Å². The first-order valence-electron chi connectivity index (χ1n) is 6.19. The van der Waals surface area contributed by atoms with Crippen molar-refractivity contribution in [3.05, 3.63) is 48.0 Å². The third kappa shape index (κ3) is 3.04. The SMILES string of the molecule is Cc1cc(N)cc(-c2cccc(OC(C)C)c2)c1. The zero-order valence-electron chi connectivity index (χ0n) is 11.1. The summed E-state index contributed by atoms with van der Waals surface area (Å²) in [7, 11) is 0. The molecular formula is C16H19NO. The van der Waals surface area contributed by atoms with Gasteiger partial charge in [-0.15, -0.1) is 0 Å². The van der Waals surface area contributed by atoms with E-state index < -0.39 is 0 Å². The Hall–Kier alpha value is -1.96. The topological polar surface area (TPSA) is 35.2 Å². The Morgan fingerprint density at radius 3 is 2.44 bits per heavy atom. The van der Waals surface area contributed by atoms with Crippen LogP contribution in [-0.4, -0.2) is 6.10 Å². The third-order valence-electron chi connectivity index (χ3n) is 2.64.